The maximum Gasteiger partial charge on any atom is 0.0936 e. The largest absolute Gasteiger partial charge is 0.382 e. The fourth-order valence-electron chi connectivity index (χ4n) is 2.89. The summed E-state index contributed by atoms with van der Waals surface area (Å²) >= 11 is 0. The third-order valence-corrected chi connectivity index (χ3v) is 4.11. The first-order valence-electron chi connectivity index (χ1n) is 7.40. The highest BCUT2D eigenvalue weighted by Gasteiger charge is 2.27. The van der Waals surface area contributed by atoms with E-state index in [4.69, 9.17) is 14.2 Å². The molecule has 19 heavy (non-hydrogen) atoms. The minimum Gasteiger partial charge on any atom is -0.382 e. The third kappa shape index (κ3) is 5.00. The van der Waals surface area contributed by atoms with Crippen LogP contribution >= 0.6 is 0 Å². The summed E-state index contributed by atoms with van der Waals surface area (Å²) in [7, 11) is 3.91. The van der Waals surface area contributed by atoms with E-state index in [0.717, 1.165) is 19.7 Å². The van der Waals surface area contributed by atoms with Gasteiger partial charge in [0.25, 0.3) is 0 Å². The van der Waals surface area contributed by atoms with Gasteiger partial charge in [0.15, 0.2) is 0 Å². The van der Waals surface area contributed by atoms with Crippen LogP contribution < -0.4 is 0 Å². The van der Waals surface area contributed by atoms with E-state index in [0.29, 0.717) is 25.9 Å². The first kappa shape index (κ1) is 15.2. The van der Waals surface area contributed by atoms with E-state index >= 15 is 0 Å². The van der Waals surface area contributed by atoms with Gasteiger partial charge in [-0.05, 0) is 33.0 Å². The zero-order valence-electron chi connectivity index (χ0n) is 12.3. The summed E-state index contributed by atoms with van der Waals surface area (Å²) in [5.74, 6) is 0. The maximum atomic E-state index is 5.84. The number of ether oxygens (including phenoxy) is 3. The van der Waals surface area contributed by atoms with Gasteiger partial charge >= 0.3 is 0 Å². The average Bonchev–Trinajstić information content (AvgIpc) is 2.66. The molecule has 2 fully saturated rings. The van der Waals surface area contributed by atoms with E-state index < -0.39 is 0 Å². The van der Waals surface area contributed by atoms with Gasteiger partial charge in [-0.3, -0.25) is 4.90 Å². The predicted molar refractivity (Wildman–Crippen MR) is 74.5 cm³/mol. The molecular weight excluding hydrogens is 244 g/mol. The van der Waals surface area contributed by atoms with Crippen molar-refractivity contribution >= 4 is 0 Å². The Morgan fingerprint density at radius 2 is 1.95 bits per heavy atom. The van der Waals surface area contributed by atoms with Crippen molar-refractivity contribution < 1.29 is 14.2 Å². The monoisotopic (exact) mass is 272 g/mol. The molecule has 0 unspecified atom stereocenters. The molecule has 112 valence electrons. The lowest BCUT2D eigenvalue weighted by molar-refractivity contribution is -0.0285. The van der Waals surface area contributed by atoms with Crippen molar-refractivity contribution in [3.63, 3.8) is 0 Å². The quantitative estimate of drug-likeness (QED) is 0.679. The molecule has 2 heterocycles. The average molecular weight is 272 g/mol. The second kappa shape index (κ2) is 8.17. The van der Waals surface area contributed by atoms with Crippen molar-refractivity contribution in [2.45, 2.75) is 25.0 Å². The number of hydrogen-bond donors (Lipinski definition) is 0. The highest BCUT2D eigenvalue weighted by Crippen LogP contribution is 2.17. The van der Waals surface area contributed by atoms with Crippen molar-refractivity contribution in [1.82, 2.24) is 9.80 Å². The van der Waals surface area contributed by atoms with Crippen molar-refractivity contribution in [2.24, 2.45) is 0 Å². The zero-order valence-corrected chi connectivity index (χ0v) is 12.3. The van der Waals surface area contributed by atoms with Gasteiger partial charge in [0, 0.05) is 26.2 Å². The molecule has 0 N–H and O–H groups in total. The van der Waals surface area contributed by atoms with Gasteiger partial charge in [-0.25, -0.2) is 0 Å². The van der Waals surface area contributed by atoms with Crippen molar-refractivity contribution in [1.29, 1.82) is 0 Å². The first-order valence-corrected chi connectivity index (χ1v) is 7.40. The van der Waals surface area contributed by atoms with Crippen LogP contribution in [-0.4, -0.2) is 88.7 Å². The molecule has 0 aliphatic carbocycles. The van der Waals surface area contributed by atoms with Gasteiger partial charge in [0.1, 0.15) is 0 Å². The van der Waals surface area contributed by atoms with Crippen LogP contribution in [-0.2, 0) is 14.2 Å². The van der Waals surface area contributed by atoms with Crippen molar-refractivity contribution in [3.05, 3.63) is 0 Å². The summed E-state index contributed by atoms with van der Waals surface area (Å²) in [6, 6.07) is 0.700. The van der Waals surface area contributed by atoms with Gasteiger partial charge in [0.05, 0.1) is 32.5 Å². The van der Waals surface area contributed by atoms with E-state index in [2.05, 4.69) is 16.8 Å². The Morgan fingerprint density at radius 3 is 2.68 bits per heavy atom. The third-order valence-electron chi connectivity index (χ3n) is 4.11. The number of likely N-dealkylation sites (tertiary alicyclic amines) is 1. The van der Waals surface area contributed by atoms with E-state index in [9.17, 15) is 0 Å². The molecule has 0 bridgehead atoms. The summed E-state index contributed by atoms with van der Waals surface area (Å²) in [4.78, 5) is 4.98. The lowest BCUT2D eigenvalue weighted by atomic mass is 10.0. The number of nitrogens with zero attached hydrogens (tertiary/aromatic N) is 2. The molecule has 5 heteroatoms. The van der Waals surface area contributed by atoms with E-state index in [1.54, 1.807) is 7.11 Å². The molecule has 5 nitrogen and oxygen atoms in total. The van der Waals surface area contributed by atoms with Crippen molar-refractivity contribution in [3.8, 4) is 0 Å². The minimum absolute atomic E-state index is 0.192. The second-order valence-electron chi connectivity index (χ2n) is 5.59. The van der Waals surface area contributed by atoms with E-state index in [1.807, 2.05) is 0 Å². The SMILES string of the molecule is COCCO[C@H]1COCCN(C2CCN(C)CC2)C1. The molecule has 0 saturated carbocycles. The minimum atomic E-state index is 0.192. The van der Waals surface area contributed by atoms with Crippen LogP contribution in [0.25, 0.3) is 0 Å². The topological polar surface area (TPSA) is 34.2 Å². The molecule has 0 spiro atoms. The summed E-state index contributed by atoms with van der Waals surface area (Å²) < 4.78 is 16.5. The van der Waals surface area contributed by atoms with E-state index in [1.165, 1.54) is 25.9 Å². The molecule has 0 aromatic carbocycles. The van der Waals surface area contributed by atoms with Crippen LogP contribution in [0.1, 0.15) is 12.8 Å². The number of methoxy groups -OCH3 is 1. The fraction of sp³-hybridized carbons (Fsp3) is 1.00. The van der Waals surface area contributed by atoms with Gasteiger partial charge in [-0.1, -0.05) is 0 Å². The molecule has 0 aromatic heterocycles. The Labute approximate surface area is 116 Å². The summed E-state index contributed by atoms with van der Waals surface area (Å²) in [5, 5.41) is 0. The van der Waals surface area contributed by atoms with Crippen LogP contribution in [0.5, 0.6) is 0 Å². The maximum absolute atomic E-state index is 5.84. The lowest BCUT2D eigenvalue weighted by Crippen LogP contribution is -2.47. The normalized spacial score (nSPS) is 28.4. The van der Waals surface area contributed by atoms with Crippen LogP contribution in [0.2, 0.25) is 0 Å². The fourth-order valence-corrected chi connectivity index (χ4v) is 2.89. The first-order chi connectivity index (χ1) is 9.29. The highest BCUT2D eigenvalue weighted by atomic mass is 16.5. The predicted octanol–water partition coefficient (Wildman–Crippen LogP) is 0.444. The number of hydrogen-bond acceptors (Lipinski definition) is 5. The van der Waals surface area contributed by atoms with Gasteiger partial charge in [-0.2, -0.15) is 0 Å². The number of rotatable bonds is 5. The van der Waals surface area contributed by atoms with Crippen LogP contribution in [0.15, 0.2) is 0 Å². The van der Waals surface area contributed by atoms with Crippen molar-refractivity contribution in [2.75, 3.05) is 66.8 Å². The Morgan fingerprint density at radius 1 is 1.16 bits per heavy atom. The standard InChI is InChI=1S/C14H28N2O3/c1-15-5-3-13(4-6-15)16-7-8-18-12-14(11-16)19-10-9-17-2/h13-14H,3-12H2,1-2H3/t14-/m1/s1. The van der Waals surface area contributed by atoms with Crippen LogP contribution in [0.3, 0.4) is 0 Å². The summed E-state index contributed by atoms with van der Waals surface area (Å²) in [5.41, 5.74) is 0. The zero-order chi connectivity index (χ0) is 13.5. The van der Waals surface area contributed by atoms with Gasteiger partial charge in [0.2, 0.25) is 0 Å². The van der Waals surface area contributed by atoms with Crippen LogP contribution in [0, 0.1) is 0 Å². The smallest absolute Gasteiger partial charge is 0.0936 e. The molecular formula is C14H28N2O3. The summed E-state index contributed by atoms with van der Waals surface area (Å²) in [6.07, 6.45) is 2.72. The summed E-state index contributed by atoms with van der Waals surface area (Å²) in [6.45, 7) is 7.31. The highest BCUT2D eigenvalue weighted by molar-refractivity contribution is 4.81. The Bertz CT molecular complexity index is 245. The molecule has 1 atom stereocenters. The van der Waals surface area contributed by atoms with Gasteiger partial charge < -0.3 is 19.1 Å². The lowest BCUT2D eigenvalue weighted by Gasteiger charge is -2.37. The Hall–Kier alpha value is -0.200. The number of piperidine rings is 1. The van der Waals surface area contributed by atoms with E-state index in [-0.39, 0.29) is 6.10 Å². The Kier molecular flexibility index (Phi) is 6.53. The molecule has 2 rings (SSSR count). The molecule has 0 aromatic rings. The molecule has 0 radical (unpaired) electrons. The second-order valence-corrected chi connectivity index (χ2v) is 5.59. The Balaban J connectivity index is 1.78. The molecule has 2 saturated heterocycles. The molecule has 2 aliphatic heterocycles. The molecule has 0 amide bonds. The van der Waals surface area contributed by atoms with Crippen LogP contribution in [0.4, 0.5) is 0 Å². The molecule has 2 aliphatic rings. The van der Waals surface area contributed by atoms with Gasteiger partial charge in [-0.15, -0.1) is 0 Å².